The zero-order valence-electron chi connectivity index (χ0n) is 8.23. The van der Waals surface area contributed by atoms with Gasteiger partial charge in [0.1, 0.15) is 5.75 Å². The molecule has 0 unspecified atom stereocenters. The number of benzene rings is 1. The normalized spacial score (nSPS) is 18.5. The number of hydrogen-bond donors (Lipinski definition) is 2. The largest absolute Gasteiger partial charge is 0.493 e. The molecule has 1 aromatic carbocycles. The van der Waals surface area contributed by atoms with E-state index in [1.807, 2.05) is 18.2 Å². The van der Waals surface area contributed by atoms with Crippen molar-refractivity contribution in [1.82, 2.24) is 0 Å². The average Bonchev–Trinajstić information content (AvgIpc) is 2.63. The fourth-order valence-electron chi connectivity index (χ4n) is 1.76. The molecular formula is C11H15NO2. The second-order valence-corrected chi connectivity index (χ2v) is 3.70. The van der Waals surface area contributed by atoms with Crippen LogP contribution in [0.5, 0.6) is 5.75 Å². The minimum Gasteiger partial charge on any atom is -0.493 e. The van der Waals surface area contributed by atoms with E-state index in [0.29, 0.717) is 0 Å². The molecule has 0 spiro atoms. The Morgan fingerprint density at radius 1 is 1.50 bits per heavy atom. The third-order valence-electron chi connectivity index (χ3n) is 2.62. The highest BCUT2D eigenvalue weighted by atomic mass is 16.5. The second kappa shape index (κ2) is 3.59. The van der Waals surface area contributed by atoms with Crippen LogP contribution in [-0.4, -0.2) is 17.8 Å². The number of ether oxygens (including phenoxy) is 1. The summed E-state index contributed by atoms with van der Waals surface area (Å²) in [5.41, 5.74) is 7.99. The van der Waals surface area contributed by atoms with Crippen molar-refractivity contribution >= 4 is 0 Å². The molecule has 1 aliphatic rings. The Morgan fingerprint density at radius 2 is 2.29 bits per heavy atom. The standard InChI is InChI=1S/C11H15NO2/c1-7(13)10(12)9-4-2-3-8-5-6-14-11(8)9/h2-4,7,10,13H,5-6,12H2,1H3/t7-,10-/m1/s1. The zero-order chi connectivity index (χ0) is 10.1. The van der Waals surface area contributed by atoms with Crippen LogP contribution in [-0.2, 0) is 6.42 Å². The maximum absolute atomic E-state index is 9.43. The predicted octanol–water partition coefficient (Wildman–Crippen LogP) is 1.00. The first-order chi connectivity index (χ1) is 6.70. The molecule has 0 radical (unpaired) electrons. The highest BCUT2D eigenvalue weighted by Gasteiger charge is 2.22. The Morgan fingerprint density at radius 3 is 3.00 bits per heavy atom. The van der Waals surface area contributed by atoms with E-state index in [-0.39, 0.29) is 6.04 Å². The summed E-state index contributed by atoms with van der Waals surface area (Å²) in [6, 6.07) is 5.57. The van der Waals surface area contributed by atoms with Crippen LogP contribution in [0.2, 0.25) is 0 Å². The molecule has 0 saturated heterocycles. The number of hydrogen-bond acceptors (Lipinski definition) is 3. The van der Waals surface area contributed by atoms with E-state index in [4.69, 9.17) is 10.5 Å². The van der Waals surface area contributed by atoms with E-state index in [1.54, 1.807) is 6.92 Å². The highest BCUT2D eigenvalue weighted by molar-refractivity contribution is 5.45. The summed E-state index contributed by atoms with van der Waals surface area (Å²) in [6.07, 6.45) is 0.390. The van der Waals surface area contributed by atoms with Crippen LogP contribution < -0.4 is 10.5 Å². The van der Waals surface area contributed by atoms with Crippen LogP contribution >= 0.6 is 0 Å². The molecule has 0 fully saturated rings. The topological polar surface area (TPSA) is 55.5 Å². The van der Waals surface area contributed by atoms with Crippen molar-refractivity contribution < 1.29 is 9.84 Å². The Labute approximate surface area is 83.5 Å². The lowest BCUT2D eigenvalue weighted by atomic mass is 9.99. The molecule has 1 aromatic rings. The van der Waals surface area contributed by atoms with Crippen LogP contribution in [0.1, 0.15) is 24.1 Å². The maximum Gasteiger partial charge on any atom is 0.127 e. The van der Waals surface area contributed by atoms with E-state index in [9.17, 15) is 5.11 Å². The van der Waals surface area contributed by atoms with E-state index < -0.39 is 6.10 Å². The summed E-state index contributed by atoms with van der Waals surface area (Å²) < 4.78 is 5.51. The summed E-state index contributed by atoms with van der Waals surface area (Å²) in [6.45, 7) is 2.41. The molecule has 1 heterocycles. The van der Waals surface area contributed by atoms with Crippen molar-refractivity contribution in [1.29, 1.82) is 0 Å². The van der Waals surface area contributed by atoms with E-state index >= 15 is 0 Å². The fraction of sp³-hybridized carbons (Fsp3) is 0.455. The number of aliphatic hydroxyl groups excluding tert-OH is 1. The number of para-hydroxylation sites is 1. The van der Waals surface area contributed by atoms with Gasteiger partial charge < -0.3 is 15.6 Å². The van der Waals surface area contributed by atoms with Crippen molar-refractivity contribution in [2.75, 3.05) is 6.61 Å². The lowest BCUT2D eigenvalue weighted by Gasteiger charge is -2.17. The number of fused-ring (bicyclic) bond motifs is 1. The van der Waals surface area contributed by atoms with Gasteiger partial charge in [0.05, 0.1) is 18.8 Å². The first-order valence-corrected chi connectivity index (χ1v) is 4.88. The van der Waals surface area contributed by atoms with Gasteiger partial charge in [0, 0.05) is 12.0 Å². The van der Waals surface area contributed by atoms with Gasteiger partial charge in [-0.3, -0.25) is 0 Å². The minimum atomic E-state index is -0.550. The number of aliphatic hydroxyl groups is 1. The number of rotatable bonds is 2. The minimum absolute atomic E-state index is 0.358. The first kappa shape index (κ1) is 9.49. The van der Waals surface area contributed by atoms with Gasteiger partial charge in [-0.15, -0.1) is 0 Å². The SMILES string of the molecule is C[C@@H](O)[C@@H](N)c1cccc2c1OCC2. The Kier molecular flexibility index (Phi) is 2.44. The molecule has 0 saturated carbocycles. The molecule has 76 valence electrons. The predicted molar refractivity (Wildman–Crippen MR) is 54.3 cm³/mol. The Balaban J connectivity index is 2.39. The van der Waals surface area contributed by atoms with Crippen molar-refractivity contribution in [3.05, 3.63) is 29.3 Å². The van der Waals surface area contributed by atoms with E-state index in [2.05, 4.69) is 0 Å². The lowest BCUT2D eigenvalue weighted by Crippen LogP contribution is -2.23. The van der Waals surface area contributed by atoms with Crippen molar-refractivity contribution in [2.24, 2.45) is 5.73 Å². The Hall–Kier alpha value is -1.06. The van der Waals surface area contributed by atoms with Gasteiger partial charge in [-0.05, 0) is 12.5 Å². The zero-order valence-corrected chi connectivity index (χ0v) is 8.23. The molecule has 3 N–H and O–H groups in total. The summed E-state index contributed by atoms with van der Waals surface area (Å²) in [4.78, 5) is 0. The third-order valence-corrected chi connectivity index (χ3v) is 2.62. The van der Waals surface area contributed by atoms with Crippen LogP contribution in [0.25, 0.3) is 0 Å². The molecule has 0 aliphatic carbocycles. The summed E-state index contributed by atoms with van der Waals surface area (Å²) in [7, 11) is 0. The lowest BCUT2D eigenvalue weighted by molar-refractivity contribution is 0.162. The van der Waals surface area contributed by atoms with Crippen molar-refractivity contribution in [3.8, 4) is 5.75 Å². The Bertz CT molecular complexity index is 336. The average molecular weight is 193 g/mol. The monoisotopic (exact) mass is 193 g/mol. The molecule has 14 heavy (non-hydrogen) atoms. The van der Waals surface area contributed by atoms with Crippen LogP contribution in [0.4, 0.5) is 0 Å². The quantitative estimate of drug-likeness (QED) is 0.736. The van der Waals surface area contributed by atoms with Crippen LogP contribution in [0.15, 0.2) is 18.2 Å². The van der Waals surface area contributed by atoms with E-state index in [1.165, 1.54) is 5.56 Å². The van der Waals surface area contributed by atoms with Gasteiger partial charge in [-0.25, -0.2) is 0 Å². The first-order valence-electron chi connectivity index (χ1n) is 4.88. The summed E-state index contributed by atoms with van der Waals surface area (Å²) in [5, 5.41) is 9.43. The smallest absolute Gasteiger partial charge is 0.127 e. The van der Waals surface area contributed by atoms with Crippen molar-refractivity contribution in [2.45, 2.75) is 25.5 Å². The molecule has 1 aliphatic heterocycles. The van der Waals surface area contributed by atoms with Crippen LogP contribution in [0.3, 0.4) is 0 Å². The molecule has 0 amide bonds. The molecule has 0 bridgehead atoms. The maximum atomic E-state index is 9.43. The van der Waals surface area contributed by atoms with Gasteiger partial charge in [-0.2, -0.15) is 0 Å². The van der Waals surface area contributed by atoms with E-state index in [0.717, 1.165) is 24.3 Å². The van der Waals surface area contributed by atoms with Gasteiger partial charge in [0.2, 0.25) is 0 Å². The number of nitrogens with two attached hydrogens (primary N) is 1. The van der Waals surface area contributed by atoms with Gasteiger partial charge in [0.15, 0.2) is 0 Å². The summed E-state index contributed by atoms with van der Waals surface area (Å²) in [5.74, 6) is 0.876. The van der Waals surface area contributed by atoms with Gasteiger partial charge >= 0.3 is 0 Å². The fourth-order valence-corrected chi connectivity index (χ4v) is 1.76. The highest BCUT2D eigenvalue weighted by Crippen LogP contribution is 2.33. The van der Waals surface area contributed by atoms with Gasteiger partial charge in [-0.1, -0.05) is 18.2 Å². The second-order valence-electron chi connectivity index (χ2n) is 3.70. The molecule has 3 heteroatoms. The summed E-state index contributed by atoms with van der Waals surface area (Å²) >= 11 is 0. The molecular weight excluding hydrogens is 178 g/mol. The van der Waals surface area contributed by atoms with Crippen LogP contribution in [0, 0.1) is 0 Å². The molecule has 2 atom stereocenters. The van der Waals surface area contributed by atoms with Crippen molar-refractivity contribution in [3.63, 3.8) is 0 Å². The third kappa shape index (κ3) is 1.49. The van der Waals surface area contributed by atoms with Gasteiger partial charge in [0.25, 0.3) is 0 Å². The molecule has 0 aromatic heterocycles. The molecule has 2 rings (SSSR count). The molecule has 3 nitrogen and oxygen atoms in total.